The van der Waals surface area contributed by atoms with Crippen LogP contribution in [0.2, 0.25) is 0 Å². The van der Waals surface area contributed by atoms with Gasteiger partial charge in [0.05, 0.1) is 43.4 Å². The van der Waals surface area contributed by atoms with Gasteiger partial charge in [0.2, 0.25) is 5.91 Å². The summed E-state index contributed by atoms with van der Waals surface area (Å²) in [4.78, 5) is 30.7. The summed E-state index contributed by atoms with van der Waals surface area (Å²) in [5.74, 6) is 1.07. The molecule has 5 rings (SSSR count). The van der Waals surface area contributed by atoms with Crippen LogP contribution in [-0.2, 0) is 22.5 Å². The lowest BCUT2D eigenvalue weighted by atomic mass is 10.0. The molecule has 4 heterocycles. The van der Waals surface area contributed by atoms with Crippen molar-refractivity contribution in [2.45, 2.75) is 33.2 Å². The molecule has 2 fully saturated rings. The van der Waals surface area contributed by atoms with Gasteiger partial charge in [-0.3, -0.25) is 9.69 Å². The normalized spacial score (nSPS) is 17.5. The Morgan fingerprint density at radius 1 is 1.12 bits per heavy atom. The Bertz CT molecular complexity index is 1300. The van der Waals surface area contributed by atoms with Crippen molar-refractivity contribution >= 4 is 23.1 Å². The molecule has 42 heavy (non-hydrogen) atoms. The van der Waals surface area contributed by atoms with Crippen molar-refractivity contribution < 1.29 is 19.4 Å². The number of carbonyl (C=O) groups excluding carboxylic acids is 1. The molecule has 2 N–H and O–H groups in total. The first-order valence-electron chi connectivity index (χ1n) is 14.8. The predicted molar refractivity (Wildman–Crippen MR) is 164 cm³/mol. The van der Waals surface area contributed by atoms with Crippen molar-refractivity contribution in [3.05, 3.63) is 53.9 Å². The van der Waals surface area contributed by atoms with Crippen molar-refractivity contribution in [3.8, 4) is 11.8 Å². The number of rotatable bonds is 10. The third-order valence-corrected chi connectivity index (χ3v) is 8.02. The van der Waals surface area contributed by atoms with E-state index in [0.29, 0.717) is 45.3 Å². The van der Waals surface area contributed by atoms with Crippen LogP contribution in [0.4, 0.5) is 17.2 Å². The van der Waals surface area contributed by atoms with Gasteiger partial charge in [0.1, 0.15) is 11.6 Å². The minimum absolute atomic E-state index is 0.0418. The predicted octanol–water partition coefficient (Wildman–Crippen LogP) is 2.93. The number of carbonyl (C=O) groups is 1. The van der Waals surface area contributed by atoms with Gasteiger partial charge in [0, 0.05) is 69.7 Å². The Morgan fingerprint density at radius 3 is 2.60 bits per heavy atom. The van der Waals surface area contributed by atoms with E-state index in [4.69, 9.17) is 19.4 Å². The zero-order valence-electron chi connectivity index (χ0n) is 24.9. The minimum atomic E-state index is -0.0418. The number of hydrogen-bond donors (Lipinski definition) is 2. The highest BCUT2D eigenvalue weighted by Crippen LogP contribution is 2.38. The molecule has 0 aliphatic carbocycles. The van der Waals surface area contributed by atoms with Crippen molar-refractivity contribution in [3.63, 3.8) is 0 Å². The number of benzene rings is 1. The van der Waals surface area contributed by atoms with Gasteiger partial charge >= 0.3 is 6.01 Å². The maximum Gasteiger partial charge on any atom is 0.318 e. The first-order valence-corrected chi connectivity index (χ1v) is 14.8. The highest BCUT2D eigenvalue weighted by Gasteiger charge is 2.29. The van der Waals surface area contributed by atoms with Gasteiger partial charge in [-0.15, -0.1) is 0 Å². The molecule has 0 radical (unpaired) electrons. The maximum absolute atomic E-state index is 12.2. The van der Waals surface area contributed by atoms with Gasteiger partial charge in [-0.1, -0.05) is 13.2 Å². The van der Waals surface area contributed by atoms with E-state index in [0.717, 1.165) is 91.9 Å². The van der Waals surface area contributed by atoms with Crippen LogP contribution in [0, 0.1) is 6.92 Å². The molecule has 0 saturated carbocycles. The lowest BCUT2D eigenvalue weighted by Gasteiger charge is -2.38. The second kappa shape index (κ2) is 13.4. The summed E-state index contributed by atoms with van der Waals surface area (Å²) in [6, 6.07) is 3.93. The van der Waals surface area contributed by atoms with E-state index in [2.05, 4.69) is 33.2 Å². The number of morpholine rings is 1. The number of aryl methyl sites for hydroxylation is 1. The van der Waals surface area contributed by atoms with Gasteiger partial charge in [0.25, 0.3) is 0 Å². The molecule has 226 valence electrons. The lowest BCUT2D eigenvalue weighted by Crippen LogP contribution is -2.49. The Kier molecular flexibility index (Phi) is 9.48. The standard InChI is InChI=1S/C31H43N7O4/c1-5-28(40)36-10-12-37(13-11-36)30-25-7-9-38(27-20-24(39)19-23(4)29(27)32-22(2)3)21-26(25)33-31(34-30)42-16-6-8-35-14-17-41-18-15-35/h5,19-20,32,39H,1-2,6-18,21H2,3-4H3. The topological polar surface area (TPSA) is 107 Å². The Hall–Kier alpha value is -3.83. The van der Waals surface area contributed by atoms with E-state index in [1.165, 1.54) is 6.08 Å². The summed E-state index contributed by atoms with van der Waals surface area (Å²) >= 11 is 0. The number of aromatic nitrogens is 2. The quantitative estimate of drug-likeness (QED) is 0.249. The number of anilines is 3. The minimum Gasteiger partial charge on any atom is -0.508 e. The average Bonchev–Trinajstić information content (AvgIpc) is 3.00. The number of amides is 1. The molecule has 1 aromatic heterocycles. The van der Waals surface area contributed by atoms with Gasteiger partial charge in [-0.25, -0.2) is 0 Å². The van der Waals surface area contributed by atoms with Crippen LogP contribution in [0.15, 0.2) is 37.1 Å². The van der Waals surface area contributed by atoms with E-state index >= 15 is 0 Å². The van der Waals surface area contributed by atoms with Gasteiger partial charge < -0.3 is 34.6 Å². The van der Waals surface area contributed by atoms with Crippen molar-refractivity contribution in [1.82, 2.24) is 19.8 Å². The molecule has 0 unspecified atom stereocenters. The first kappa shape index (κ1) is 29.7. The summed E-state index contributed by atoms with van der Waals surface area (Å²) in [6.45, 7) is 20.4. The number of allylic oxidation sites excluding steroid dienone is 1. The first-order chi connectivity index (χ1) is 20.3. The van der Waals surface area contributed by atoms with E-state index in [1.807, 2.05) is 18.7 Å². The monoisotopic (exact) mass is 577 g/mol. The van der Waals surface area contributed by atoms with Crippen LogP contribution < -0.4 is 19.9 Å². The third kappa shape index (κ3) is 6.96. The van der Waals surface area contributed by atoms with Crippen molar-refractivity contribution in [2.24, 2.45) is 0 Å². The largest absolute Gasteiger partial charge is 0.508 e. The highest BCUT2D eigenvalue weighted by molar-refractivity contribution is 5.87. The average molecular weight is 578 g/mol. The summed E-state index contributed by atoms with van der Waals surface area (Å²) in [7, 11) is 0. The van der Waals surface area contributed by atoms with E-state index in [1.54, 1.807) is 12.1 Å². The molecule has 2 aromatic rings. The maximum atomic E-state index is 12.2. The van der Waals surface area contributed by atoms with Gasteiger partial charge in [-0.05, 0) is 44.4 Å². The van der Waals surface area contributed by atoms with Gasteiger partial charge in [-0.2, -0.15) is 9.97 Å². The fourth-order valence-corrected chi connectivity index (χ4v) is 5.84. The second-order valence-electron chi connectivity index (χ2n) is 11.2. The smallest absolute Gasteiger partial charge is 0.318 e. The number of piperazine rings is 1. The molecular formula is C31H43N7O4. The molecule has 11 nitrogen and oxygen atoms in total. The van der Waals surface area contributed by atoms with Crippen LogP contribution in [0.1, 0.15) is 30.2 Å². The van der Waals surface area contributed by atoms with Crippen LogP contribution in [0.3, 0.4) is 0 Å². The van der Waals surface area contributed by atoms with Gasteiger partial charge in [0.15, 0.2) is 0 Å². The van der Waals surface area contributed by atoms with Crippen LogP contribution in [0.25, 0.3) is 0 Å². The highest BCUT2D eigenvalue weighted by atomic mass is 16.5. The number of fused-ring (bicyclic) bond motifs is 1. The SMILES string of the molecule is C=CC(=O)N1CCN(c2nc(OCCCN3CCOCC3)nc3c2CCN(c2cc(O)cc(C)c2NC(=C)C)C3)CC1. The van der Waals surface area contributed by atoms with E-state index in [-0.39, 0.29) is 11.7 Å². The Balaban J connectivity index is 1.38. The Morgan fingerprint density at radius 2 is 1.88 bits per heavy atom. The summed E-state index contributed by atoms with van der Waals surface area (Å²) < 4.78 is 11.6. The molecule has 1 amide bonds. The van der Waals surface area contributed by atoms with Crippen molar-refractivity contribution in [1.29, 1.82) is 0 Å². The summed E-state index contributed by atoms with van der Waals surface area (Å²) in [5, 5.41) is 13.8. The molecular weight excluding hydrogens is 534 g/mol. The lowest BCUT2D eigenvalue weighted by molar-refractivity contribution is -0.126. The summed E-state index contributed by atoms with van der Waals surface area (Å²) in [6.07, 6.45) is 3.00. The molecule has 3 aliphatic heterocycles. The van der Waals surface area contributed by atoms with Crippen molar-refractivity contribution in [2.75, 3.05) is 87.3 Å². The number of phenols is 1. The number of phenolic OH excluding ortho intramolecular Hbond substituents is 1. The fraction of sp³-hybridized carbons (Fsp3) is 0.516. The summed E-state index contributed by atoms with van der Waals surface area (Å²) in [5.41, 5.74) is 5.64. The van der Waals surface area contributed by atoms with E-state index < -0.39 is 0 Å². The number of hydrogen-bond acceptors (Lipinski definition) is 10. The molecule has 0 bridgehead atoms. The molecule has 0 atom stereocenters. The fourth-order valence-electron chi connectivity index (χ4n) is 5.84. The van der Waals surface area contributed by atoms with Crippen LogP contribution in [-0.4, -0.2) is 103 Å². The molecule has 2 saturated heterocycles. The number of ether oxygens (including phenoxy) is 2. The van der Waals surface area contributed by atoms with E-state index in [9.17, 15) is 9.90 Å². The second-order valence-corrected chi connectivity index (χ2v) is 11.2. The molecule has 3 aliphatic rings. The zero-order chi connectivity index (χ0) is 29.6. The zero-order valence-corrected chi connectivity index (χ0v) is 24.9. The number of aromatic hydroxyl groups is 1. The molecule has 11 heteroatoms. The van der Waals surface area contributed by atoms with Crippen LogP contribution >= 0.6 is 0 Å². The molecule has 1 aromatic carbocycles. The third-order valence-electron chi connectivity index (χ3n) is 8.02. The molecule has 0 spiro atoms. The number of nitrogens with one attached hydrogen (secondary N) is 1. The number of nitrogens with zero attached hydrogens (tertiary/aromatic N) is 6. The van der Waals surface area contributed by atoms with Crippen LogP contribution in [0.5, 0.6) is 11.8 Å². The Labute approximate surface area is 248 Å².